The van der Waals surface area contributed by atoms with Crippen molar-refractivity contribution in [1.82, 2.24) is 25.5 Å². The van der Waals surface area contributed by atoms with Gasteiger partial charge in [-0.2, -0.15) is 0 Å². The molecule has 3 N–H and O–H groups in total. The van der Waals surface area contributed by atoms with Gasteiger partial charge < -0.3 is 5.32 Å². The van der Waals surface area contributed by atoms with E-state index in [-0.39, 0.29) is 23.9 Å². The van der Waals surface area contributed by atoms with Gasteiger partial charge in [-0.05, 0) is 38.8 Å². The van der Waals surface area contributed by atoms with Crippen LogP contribution in [0.3, 0.4) is 0 Å². The zero-order chi connectivity index (χ0) is 18.7. The molecular formula is C17H27N5O3S. The number of aromatic nitrogens is 1. The molecule has 26 heavy (non-hydrogen) atoms. The lowest BCUT2D eigenvalue weighted by Gasteiger charge is -2.33. The first-order valence-corrected chi connectivity index (χ1v) is 10.6. The van der Waals surface area contributed by atoms with Gasteiger partial charge in [-0.15, -0.1) is 0 Å². The van der Waals surface area contributed by atoms with Crippen LogP contribution in [0, 0.1) is 5.92 Å². The van der Waals surface area contributed by atoms with E-state index >= 15 is 0 Å². The largest absolute Gasteiger partial charge is 0.350 e. The fourth-order valence-electron chi connectivity index (χ4n) is 3.75. The highest BCUT2D eigenvalue weighted by Crippen LogP contribution is 2.25. The van der Waals surface area contributed by atoms with Crippen LogP contribution in [0.15, 0.2) is 24.4 Å². The van der Waals surface area contributed by atoms with E-state index in [9.17, 15) is 13.2 Å². The van der Waals surface area contributed by atoms with E-state index in [1.54, 1.807) is 10.5 Å². The summed E-state index contributed by atoms with van der Waals surface area (Å²) >= 11 is 0. The van der Waals surface area contributed by atoms with Crippen molar-refractivity contribution in [3.63, 3.8) is 0 Å². The lowest BCUT2D eigenvalue weighted by molar-refractivity contribution is -0.126. The summed E-state index contributed by atoms with van der Waals surface area (Å²) in [6.07, 6.45) is 2.78. The number of pyridine rings is 1. The Hall–Kier alpha value is -1.55. The minimum absolute atomic E-state index is 0.0290. The molecule has 2 fully saturated rings. The first-order valence-electron chi connectivity index (χ1n) is 9.07. The Morgan fingerprint density at radius 2 is 1.88 bits per heavy atom. The van der Waals surface area contributed by atoms with Gasteiger partial charge in [-0.25, -0.2) is 12.7 Å². The normalized spacial score (nSPS) is 28.2. The fraction of sp³-hybridized carbons (Fsp3) is 0.647. The average Bonchev–Trinajstić information content (AvgIpc) is 2.99. The van der Waals surface area contributed by atoms with Crippen molar-refractivity contribution in [2.75, 3.05) is 13.1 Å². The molecule has 9 heteroatoms. The third-order valence-electron chi connectivity index (χ3n) is 5.22. The Kier molecular flexibility index (Phi) is 5.91. The van der Waals surface area contributed by atoms with Crippen molar-refractivity contribution in [1.29, 1.82) is 0 Å². The Balaban J connectivity index is 1.53. The molecule has 144 valence electrons. The quantitative estimate of drug-likeness (QED) is 0.663. The summed E-state index contributed by atoms with van der Waals surface area (Å²) in [7, 11) is -3.40. The molecule has 2 saturated heterocycles. The maximum absolute atomic E-state index is 12.9. The molecule has 2 atom stereocenters. The fourth-order valence-corrected chi connectivity index (χ4v) is 5.98. The third kappa shape index (κ3) is 4.06. The van der Waals surface area contributed by atoms with Crippen molar-refractivity contribution in [3.8, 4) is 0 Å². The average molecular weight is 382 g/mol. The van der Waals surface area contributed by atoms with E-state index in [4.69, 9.17) is 0 Å². The van der Waals surface area contributed by atoms with Gasteiger partial charge >= 0.3 is 0 Å². The van der Waals surface area contributed by atoms with Crippen LogP contribution in [0.25, 0.3) is 0 Å². The molecule has 2 unspecified atom stereocenters. The molecule has 0 spiro atoms. The van der Waals surface area contributed by atoms with Crippen LogP contribution in [-0.2, 0) is 21.4 Å². The molecule has 1 aromatic rings. The van der Waals surface area contributed by atoms with Crippen LogP contribution < -0.4 is 16.2 Å². The van der Waals surface area contributed by atoms with Crippen molar-refractivity contribution < 1.29 is 13.2 Å². The van der Waals surface area contributed by atoms with Gasteiger partial charge in [0.1, 0.15) is 5.25 Å². The van der Waals surface area contributed by atoms with Crippen LogP contribution in [0.2, 0.25) is 0 Å². The molecule has 3 heterocycles. The predicted octanol–water partition coefficient (Wildman–Crippen LogP) is -0.00700. The topological polar surface area (TPSA) is 103 Å². The zero-order valence-corrected chi connectivity index (χ0v) is 16.0. The van der Waals surface area contributed by atoms with Crippen molar-refractivity contribution in [2.24, 2.45) is 5.92 Å². The number of amides is 1. The Labute approximate surface area is 154 Å². The van der Waals surface area contributed by atoms with E-state index in [0.717, 1.165) is 5.69 Å². The summed E-state index contributed by atoms with van der Waals surface area (Å²) in [6.45, 7) is 4.92. The van der Waals surface area contributed by atoms with E-state index in [0.29, 0.717) is 32.5 Å². The predicted molar refractivity (Wildman–Crippen MR) is 98.3 cm³/mol. The van der Waals surface area contributed by atoms with Crippen LogP contribution in [-0.4, -0.2) is 54.0 Å². The number of hydrogen-bond donors (Lipinski definition) is 3. The number of carbonyl (C=O) groups is 1. The highest BCUT2D eigenvalue weighted by atomic mass is 32.2. The number of nitrogens with one attached hydrogen (secondary N) is 3. The summed E-state index contributed by atoms with van der Waals surface area (Å²) in [5.41, 5.74) is 6.81. The highest BCUT2D eigenvalue weighted by molar-refractivity contribution is 7.89. The number of hydrogen-bond acceptors (Lipinski definition) is 6. The minimum Gasteiger partial charge on any atom is -0.350 e. The molecule has 0 radical (unpaired) electrons. The SMILES string of the molecule is CC1NNC(C)C1S(=O)(=O)N1CCC(C(=O)NCc2ccccn2)CC1. The second kappa shape index (κ2) is 7.99. The number of hydrazine groups is 1. The van der Waals surface area contributed by atoms with Gasteiger partial charge in [0.15, 0.2) is 0 Å². The number of sulfonamides is 1. The number of carbonyl (C=O) groups excluding carboxylic acids is 1. The van der Waals surface area contributed by atoms with E-state index in [1.165, 1.54) is 0 Å². The second-order valence-electron chi connectivity index (χ2n) is 7.09. The molecule has 8 nitrogen and oxygen atoms in total. The molecular weight excluding hydrogens is 354 g/mol. The Morgan fingerprint density at radius 1 is 1.23 bits per heavy atom. The first-order chi connectivity index (χ1) is 12.4. The Bertz CT molecular complexity index is 709. The molecule has 3 rings (SSSR count). The third-order valence-corrected chi connectivity index (χ3v) is 7.81. The standard InChI is InChI=1S/C17H27N5O3S/c1-12-16(13(2)21-20-12)26(24,25)22-9-6-14(7-10-22)17(23)19-11-15-5-3-4-8-18-15/h3-5,8,12-14,16,20-21H,6-7,9-11H2,1-2H3,(H,19,23). The summed E-state index contributed by atoms with van der Waals surface area (Å²) in [6, 6.07) is 5.29. The van der Waals surface area contributed by atoms with Gasteiger partial charge in [0.2, 0.25) is 15.9 Å². The van der Waals surface area contributed by atoms with Gasteiger partial charge in [0, 0.05) is 37.3 Å². The molecule has 0 saturated carbocycles. The lowest BCUT2D eigenvalue weighted by Crippen LogP contribution is -2.50. The van der Waals surface area contributed by atoms with Crippen LogP contribution in [0.4, 0.5) is 0 Å². The van der Waals surface area contributed by atoms with Crippen molar-refractivity contribution >= 4 is 15.9 Å². The van der Waals surface area contributed by atoms with Crippen molar-refractivity contribution in [3.05, 3.63) is 30.1 Å². The van der Waals surface area contributed by atoms with E-state index in [2.05, 4.69) is 21.2 Å². The Morgan fingerprint density at radius 3 is 2.46 bits per heavy atom. The zero-order valence-electron chi connectivity index (χ0n) is 15.2. The monoisotopic (exact) mass is 381 g/mol. The summed E-state index contributed by atoms with van der Waals surface area (Å²) in [5.74, 6) is -0.182. The number of nitrogens with zero attached hydrogens (tertiary/aromatic N) is 2. The van der Waals surface area contributed by atoms with Crippen LogP contribution in [0.5, 0.6) is 0 Å². The highest BCUT2D eigenvalue weighted by Gasteiger charge is 2.44. The van der Waals surface area contributed by atoms with Gasteiger partial charge in [-0.3, -0.25) is 20.6 Å². The molecule has 0 bridgehead atoms. The molecule has 0 aromatic carbocycles. The van der Waals surface area contributed by atoms with Gasteiger partial charge in [0.25, 0.3) is 0 Å². The van der Waals surface area contributed by atoms with Gasteiger partial charge in [0.05, 0.1) is 12.2 Å². The molecule has 2 aliphatic heterocycles. The summed E-state index contributed by atoms with van der Waals surface area (Å²) in [5, 5.41) is 2.41. The maximum Gasteiger partial charge on any atom is 0.223 e. The van der Waals surface area contributed by atoms with Gasteiger partial charge in [-0.1, -0.05) is 6.07 Å². The van der Waals surface area contributed by atoms with E-state index in [1.807, 2.05) is 32.0 Å². The molecule has 1 aromatic heterocycles. The maximum atomic E-state index is 12.9. The second-order valence-corrected chi connectivity index (χ2v) is 9.18. The lowest BCUT2D eigenvalue weighted by atomic mass is 9.97. The van der Waals surface area contributed by atoms with Crippen LogP contribution >= 0.6 is 0 Å². The molecule has 1 amide bonds. The van der Waals surface area contributed by atoms with Crippen LogP contribution in [0.1, 0.15) is 32.4 Å². The van der Waals surface area contributed by atoms with Crippen molar-refractivity contribution in [2.45, 2.75) is 50.6 Å². The molecule has 2 aliphatic rings. The summed E-state index contributed by atoms with van der Waals surface area (Å²) in [4.78, 5) is 16.5. The smallest absolute Gasteiger partial charge is 0.223 e. The first kappa shape index (κ1) is 19.2. The minimum atomic E-state index is -3.40. The van der Waals surface area contributed by atoms with E-state index < -0.39 is 15.3 Å². The summed E-state index contributed by atoms with van der Waals surface area (Å²) < 4.78 is 27.4. The molecule has 0 aliphatic carbocycles. The number of piperidine rings is 1. The number of rotatable bonds is 5.